The highest BCUT2D eigenvalue weighted by Gasteiger charge is 2.19. The van der Waals surface area contributed by atoms with Crippen molar-refractivity contribution in [2.45, 2.75) is 0 Å². The SMILES string of the molecule is c1cc(-c2cccc3ccccc23)cc(-c2c3ccccc3c(-c3ccc4oc5cc6cc7c(cc6cc5c4c3)oc3ccccc37)c3ccccc23)c1. The van der Waals surface area contributed by atoms with Crippen LogP contribution < -0.4 is 0 Å². The van der Waals surface area contributed by atoms with Crippen LogP contribution in [0.25, 0.3) is 120 Å². The topological polar surface area (TPSA) is 26.3 Å². The molecular formula is C52H30O2. The fraction of sp³-hybridized carbons (Fsp3) is 0. The minimum absolute atomic E-state index is 0.883. The average Bonchev–Trinajstić information content (AvgIpc) is 3.77. The molecule has 250 valence electrons. The molecule has 0 N–H and O–H groups in total. The van der Waals surface area contributed by atoms with Gasteiger partial charge in [0, 0.05) is 21.5 Å². The largest absolute Gasteiger partial charge is 0.456 e. The van der Waals surface area contributed by atoms with Crippen LogP contribution in [0.2, 0.25) is 0 Å². The van der Waals surface area contributed by atoms with E-state index in [9.17, 15) is 0 Å². The molecule has 0 atom stereocenters. The first kappa shape index (κ1) is 29.4. The molecule has 54 heavy (non-hydrogen) atoms. The summed E-state index contributed by atoms with van der Waals surface area (Å²) in [4.78, 5) is 0. The molecule has 0 bridgehead atoms. The van der Waals surface area contributed by atoms with Gasteiger partial charge in [0.25, 0.3) is 0 Å². The highest BCUT2D eigenvalue weighted by atomic mass is 16.3. The summed E-state index contributed by atoms with van der Waals surface area (Å²) in [5.41, 5.74) is 10.9. The van der Waals surface area contributed by atoms with E-state index in [1.165, 1.54) is 65.7 Å². The Morgan fingerprint density at radius 3 is 1.41 bits per heavy atom. The third-order valence-corrected chi connectivity index (χ3v) is 11.4. The summed E-state index contributed by atoms with van der Waals surface area (Å²) in [5.74, 6) is 0. The summed E-state index contributed by atoms with van der Waals surface area (Å²) in [7, 11) is 0. The molecular weight excluding hydrogens is 657 g/mol. The standard InChI is InChI=1S/C52H30O2/c1-2-15-37-31(11-1)12-10-21-38(37)32-13-9-14-33(25-32)51-40-17-3-5-19-42(40)52(43-20-6-4-18-41(43)51)34-23-24-48-45(26-34)46-28-36-29-49-44(27-35(36)30-50(46)54-48)39-16-7-8-22-47(39)53-49/h1-30H. The normalized spacial score (nSPS) is 12.1. The molecule has 0 amide bonds. The Hall–Kier alpha value is -7.16. The molecule has 0 fully saturated rings. The van der Waals surface area contributed by atoms with Crippen LogP contribution >= 0.6 is 0 Å². The molecule has 2 heteroatoms. The summed E-state index contributed by atoms with van der Waals surface area (Å²) in [6.07, 6.45) is 0. The predicted octanol–water partition coefficient (Wildman–Crippen LogP) is 15.1. The van der Waals surface area contributed by atoms with Crippen LogP contribution in [0.5, 0.6) is 0 Å². The molecule has 12 aromatic rings. The molecule has 0 aliphatic heterocycles. The Morgan fingerprint density at radius 2 is 0.722 bits per heavy atom. The van der Waals surface area contributed by atoms with E-state index >= 15 is 0 Å². The second-order valence-corrected chi connectivity index (χ2v) is 14.4. The van der Waals surface area contributed by atoms with Crippen LogP contribution in [0, 0.1) is 0 Å². The van der Waals surface area contributed by atoms with Gasteiger partial charge < -0.3 is 8.83 Å². The van der Waals surface area contributed by atoms with Gasteiger partial charge in [0.05, 0.1) is 0 Å². The molecule has 0 unspecified atom stereocenters. The van der Waals surface area contributed by atoms with Gasteiger partial charge in [-0.3, -0.25) is 0 Å². The van der Waals surface area contributed by atoms with Gasteiger partial charge >= 0.3 is 0 Å². The molecule has 2 nitrogen and oxygen atoms in total. The van der Waals surface area contributed by atoms with E-state index in [1.807, 2.05) is 12.1 Å². The Morgan fingerprint density at radius 1 is 0.241 bits per heavy atom. The van der Waals surface area contributed by atoms with Crippen LogP contribution in [-0.4, -0.2) is 0 Å². The fourth-order valence-electron chi connectivity index (χ4n) is 8.97. The van der Waals surface area contributed by atoms with Gasteiger partial charge in [-0.2, -0.15) is 0 Å². The molecule has 0 saturated carbocycles. The third kappa shape index (κ3) is 4.28. The first-order valence-corrected chi connectivity index (χ1v) is 18.5. The van der Waals surface area contributed by atoms with Crippen molar-refractivity contribution < 1.29 is 8.83 Å². The quantitative estimate of drug-likeness (QED) is 0.173. The molecule has 2 heterocycles. The van der Waals surface area contributed by atoms with Crippen molar-refractivity contribution >= 4 is 87.0 Å². The number of rotatable bonds is 3. The fourth-order valence-corrected chi connectivity index (χ4v) is 8.97. The number of fused-ring (bicyclic) bond motifs is 10. The minimum Gasteiger partial charge on any atom is -0.456 e. The first-order chi connectivity index (χ1) is 26.7. The van der Waals surface area contributed by atoms with Crippen LogP contribution in [0.15, 0.2) is 191 Å². The Labute approximate surface area is 310 Å². The zero-order chi connectivity index (χ0) is 35.3. The van der Waals surface area contributed by atoms with Gasteiger partial charge in [-0.15, -0.1) is 0 Å². The maximum absolute atomic E-state index is 6.54. The predicted molar refractivity (Wildman–Crippen MR) is 227 cm³/mol. The van der Waals surface area contributed by atoms with E-state index in [0.29, 0.717) is 0 Å². The lowest BCUT2D eigenvalue weighted by molar-refractivity contribution is 0.668. The number of hydrogen-bond donors (Lipinski definition) is 0. The lowest BCUT2D eigenvalue weighted by Crippen LogP contribution is -1.91. The maximum atomic E-state index is 6.54. The summed E-state index contributed by atoms with van der Waals surface area (Å²) in [6, 6.07) is 65.8. The van der Waals surface area contributed by atoms with E-state index in [2.05, 4.69) is 170 Å². The third-order valence-electron chi connectivity index (χ3n) is 11.4. The lowest BCUT2D eigenvalue weighted by atomic mass is 9.85. The van der Waals surface area contributed by atoms with E-state index < -0.39 is 0 Å². The van der Waals surface area contributed by atoms with Gasteiger partial charge in [0.2, 0.25) is 0 Å². The van der Waals surface area contributed by atoms with Crippen LogP contribution in [0.1, 0.15) is 0 Å². The summed E-state index contributed by atoms with van der Waals surface area (Å²) < 4.78 is 12.8. The van der Waals surface area contributed by atoms with Crippen molar-refractivity contribution in [3.63, 3.8) is 0 Å². The smallest absolute Gasteiger partial charge is 0.136 e. The monoisotopic (exact) mass is 686 g/mol. The molecule has 0 spiro atoms. The van der Waals surface area contributed by atoms with E-state index in [4.69, 9.17) is 8.83 Å². The van der Waals surface area contributed by atoms with Gasteiger partial charge in [-0.05, 0) is 125 Å². The Bertz CT molecular complexity index is 3440. The van der Waals surface area contributed by atoms with E-state index in [1.54, 1.807) is 0 Å². The van der Waals surface area contributed by atoms with Crippen LogP contribution in [-0.2, 0) is 0 Å². The summed E-state index contributed by atoms with van der Waals surface area (Å²) in [5, 5.41) is 14.2. The molecule has 0 aliphatic carbocycles. The molecule has 0 saturated heterocycles. The van der Waals surface area contributed by atoms with Gasteiger partial charge in [-0.25, -0.2) is 0 Å². The summed E-state index contributed by atoms with van der Waals surface area (Å²) in [6.45, 7) is 0. The molecule has 0 radical (unpaired) electrons. The van der Waals surface area contributed by atoms with Crippen LogP contribution in [0.4, 0.5) is 0 Å². The average molecular weight is 687 g/mol. The van der Waals surface area contributed by atoms with Crippen molar-refractivity contribution in [3.8, 4) is 33.4 Å². The van der Waals surface area contributed by atoms with Gasteiger partial charge in [0.15, 0.2) is 0 Å². The number of para-hydroxylation sites is 1. The molecule has 0 aliphatic rings. The zero-order valence-corrected chi connectivity index (χ0v) is 29.1. The minimum atomic E-state index is 0.883. The maximum Gasteiger partial charge on any atom is 0.136 e. The second kappa shape index (κ2) is 11.2. The van der Waals surface area contributed by atoms with E-state index in [0.717, 1.165) is 54.6 Å². The van der Waals surface area contributed by atoms with Crippen molar-refractivity contribution in [1.82, 2.24) is 0 Å². The van der Waals surface area contributed by atoms with E-state index in [-0.39, 0.29) is 0 Å². The van der Waals surface area contributed by atoms with Crippen molar-refractivity contribution in [2.24, 2.45) is 0 Å². The van der Waals surface area contributed by atoms with Gasteiger partial charge in [-0.1, -0.05) is 133 Å². The first-order valence-electron chi connectivity index (χ1n) is 18.5. The highest BCUT2D eigenvalue weighted by molar-refractivity contribution is 6.23. The van der Waals surface area contributed by atoms with Crippen molar-refractivity contribution in [2.75, 3.05) is 0 Å². The number of hydrogen-bond acceptors (Lipinski definition) is 2. The van der Waals surface area contributed by atoms with Crippen molar-refractivity contribution in [3.05, 3.63) is 182 Å². The Kier molecular flexibility index (Phi) is 6.09. The summed E-state index contributed by atoms with van der Waals surface area (Å²) >= 11 is 0. The molecule has 10 aromatic carbocycles. The highest BCUT2D eigenvalue weighted by Crippen LogP contribution is 2.46. The van der Waals surface area contributed by atoms with Gasteiger partial charge in [0.1, 0.15) is 22.3 Å². The molecule has 2 aromatic heterocycles. The second-order valence-electron chi connectivity index (χ2n) is 14.4. The Balaban J connectivity index is 1.07. The zero-order valence-electron chi connectivity index (χ0n) is 29.1. The van der Waals surface area contributed by atoms with Crippen molar-refractivity contribution in [1.29, 1.82) is 0 Å². The number of benzene rings is 10. The number of furan rings is 2. The van der Waals surface area contributed by atoms with Crippen LogP contribution in [0.3, 0.4) is 0 Å². The molecule has 12 rings (SSSR count). The lowest BCUT2D eigenvalue weighted by Gasteiger charge is -2.18.